The molecule has 0 saturated heterocycles. The van der Waals surface area contributed by atoms with E-state index in [0.29, 0.717) is 19.3 Å². The summed E-state index contributed by atoms with van der Waals surface area (Å²) in [6.07, 6.45) is 90.9. The smallest absolute Gasteiger partial charge is 0.306 e. The number of unbranched alkanes of at least 4 members (excludes halogenated alkanes) is 31. The zero-order valence-corrected chi connectivity index (χ0v) is 51.9. The van der Waals surface area contributed by atoms with Crippen molar-refractivity contribution in [1.82, 2.24) is 0 Å². The van der Waals surface area contributed by atoms with Crippen LogP contribution in [-0.4, -0.2) is 37.2 Å². The largest absolute Gasteiger partial charge is 0.462 e. The summed E-state index contributed by atoms with van der Waals surface area (Å²) in [6, 6.07) is 0. The van der Waals surface area contributed by atoms with Crippen molar-refractivity contribution in [2.45, 2.75) is 322 Å². The molecule has 0 aromatic heterocycles. The third kappa shape index (κ3) is 64.8. The summed E-state index contributed by atoms with van der Waals surface area (Å²) < 4.78 is 16.9. The predicted molar refractivity (Wildman–Crippen MR) is 343 cm³/mol. The topological polar surface area (TPSA) is 78.9 Å². The van der Waals surface area contributed by atoms with Gasteiger partial charge in [-0.3, -0.25) is 14.4 Å². The summed E-state index contributed by atoms with van der Waals surface area (Å²) >= 11 is 0. The number of hydrogen-bond donors (Lipinski definition) is 0. The zero-order chi connectivity index (χ0) is 57.1. The first-order chi connectivity index (χ1) is 39.0. The third-order valence-electron chi connectivity index (χ3n) is 14.2. The molecule has 0 aliphatic carbocycles. The van der Waals surface area contributed by atoms with Crippen LogP contribution < -0.4 is 0 Å². The van der Waals surface area contributed by atoms with E-state index in [1.165, 1.54) is 154 Å². The van der Waals surface area contributed by atoms with E-state index in [2.05, 4.69) is 130 Å². The Labute approximate surface area is 489 Å². The van der Waals surface area contributed by atoms with Crippen LogP contribution in [-0.2, 0) is 28.6 Å². The van der Waals surface area contributed by atoms with Crippen molar-refractivity contribution in [3.63, 3.8) is 0 Å². The Hall–Kier alpha value is -3.93. The van der Waals surface area contributed by atoms with Crippen LogP contribution in [0.25, 0.3) is 0 Å². The van der Waals surface area contributed by atoms with Gasteiger partial charge in [0.25, 0.3) is 0 Å². The molecular formula is C73H124O6. The van der Waals surface area contributed by atoms with Crippen molar-refractivity contribution < 1.29 is 28.6 Å². The molecule has 0 bridgehead atoms. The number of esters is 3. The second-order valence-corrected chi connectivity index (χ2v) is 22.0. The van der Waals surface area contributed by atoms with Crippen LogP contribution in [0, 0.1) is 0 Å². The Morgan fingerprint density at radius 3 is 0.810 bits per heavy atom. The molecule has 0 heterocycles. The van der Waals surface area contributed by atoms with Gasteiger partial charge >= 0.3 is 17.9 Å². The van der Waals surface area contributed by atoms with Gasteiger partial charge in [-0.1, -0.05) is 278 Å². The minimum Gasteiger partial charge on any atom is -0.462 e. The minimum atomic E-state index is -0.792. The van der Waals surface area contributed by atoms with Crippen LogP contribution in [0.1, 0.15) is 316 Å². The molecule has 1 unspecified atom stereocenters. The Morgan fingerprint density at radius 2 is 0.494 bits per heavy atom. The van der Waals surface area contributed by atoms with Crippen molar-refractivity contribution in [1.29, 1.82) is 0 Å². The first-order valence-electron chi connectivity index (χ1n) is 33.4. The molecule has 0 rings (SSSR count). The SMILES string of the molecule is CC/C=C\C/C=C\C/C=C\C/C=C\C/C=C\CCCCCCCCCCCCCC(=O)OCC(COC(=O)CCCCCCC/C=C\CCCCCCCC)OC(=O)CCCCCCCC/C=C\C/C=C\C/C=C\CCCCC. The van der Waals surface area contributed by atoms with Gasteiger partial charge in [-0.15, -0.1) is 0 Å². The lowest BCUT2D eigenvalue weighted by Crippen LogP contribution is -2.30. The normalized spacial score (nSPS) is 12.8. The molecule has 0 N–H and O–H groups in total. The van der Waals surface area contributed by atoms with E-state index < -0.39 is 6.10 Å². The average molecular weight is 1100 g/mol. The number of carbonyl (C=O) groups excluding carboxylic acids is 3. The number of rotatable bonds is 60. The Kier molecular flexibility index (Phi) is 63.3. The fourth-order valence-corrected chi connectivity index (χ4v) is 9.24. The molecule has 79 heavy (non-hydrogen) atoms. The van der Waals surface area contributed by atoms with E-state index >= 15 is 0 Å². The lowest BCUT2D eigenvalue weighted by atomic mass is 10.0. The van der Waals surface area contributed by atoms with E-state index in [9.17, 15) is 14.4 Å². The molecule has 0 aromatic rings. The summed E-state index contributed by atoms with van der Waals surface area (Å²) in [6.45, 7) is 6.50. The van der Waals surface area contributed by atoms with Gasteiger partial charge in [-0.2, -0.15) is 0 Å². The van der Waals surface area contributed by atoms with Crippen LogP contribution in [0.5, 0.6) is 0 Å². The number of hydrogen-bond acceptors (Lipinski definition) is 6. The molecule has 452 valence electrons. The summed E-state index contributed by atoms with van der Waals surface area (Å²) in [5, 5.41) is 0. The van der Waals surface area contributed by atoms with Gasteiger partial charge in [0.1, 0.15) is 13.2 Å². The van der Waals surface area contributed by atoms with Gasteiger partial charge in [0.2, 0.25) is 0 Å². The van der Waals surface area contributed by atoms with Crippen LogP contribution in [0.2, 0.25) is 0 Å². The lowest BCUT2D eigenvalue weighted by Gasteiger charge is -2.18. The average Bonchev–Trinajstić information content (AvgIpc) is 3.45. The summed E-state index contributed by atoms with van der Waals surface area (Å²) in [7, 11) is 0. The van der Waals surface area contributed by atoms with Gasteiger partial charge in [0.15, 0.2) is 6.10 Å². The Morgan fingerprint density at radius 1 is 0.266 bits per heavy atom. The fraction of sp³-hybridized carbons (Fsp3) is 0.712. The van der Waals surface area contributed by atoms with E-state index in [-0.39, 0.29) is 31.1 Å². The molecule has 1 atom stereocenters. The lowest BCUT2D eigenvalue weighted by molar-refractivity contribution is -0.167. The number of ether oxygens (including phenoxy) is 3. The molecule has 0 saturated carbocycles. The van der Waals surface area contributed by atoms with Crippen LogP contribution in [0.15, 0.2) is 109 Å². The second kappa shape index (κ2) is 66.6. The highest BCUT2D eigenvalue weighted by Crippen LogP contribution is 2.16. The first-order valence-corrected chi connectivity index (χ1v) is 33.4. The first kappa shape index (κ1) is 75.1. The number of allylic oxidation sites excluding steroid dienone is 18. The van der Waals surface area contributed by atoms with Crippen molar-refractivity contribution in [2.75, 3.05) is 13.2 Å². The Bertz CT molecular complexity index is 1590. The maximum absolute atomic E-state index is 12.9. The summed E-state index contributed by atoms with van der Waals surface area (Å²) in [4.78, 5) is 38.4. The van der Waals surface area contributed by atoms with E-state index in [1.54, 1.807) is 0 Å². The van der Waals surface area contributed by atoms with Gasteiger partial charge in [0.05, 0.1) is 0 Å². The van der Waals surface area contributed by atoms with E-state index in [1.807, 2.05) is 0 Å². The predicted octanol–water partition coefficient (Wildman–Crippen LogP) is 23.0. The third-order valence-corrected chi connectivity index (χ3v) is 14.2. The molecular weight excluding hydrogens is 973 g/mol. The zero-order valence-electron chi connectivity index (χ0n) is 51.9. The van der Waals surface area contributed by atoms with Crippen LogP contribution in [0.3, 0.4) is 0 Å². The van der Waals surface area contributed by atoms with Crippen LogP contribution in [0.4, 0.5) is 0 Å². The summed E-state index contributed by atoms with van der Waals surface area (Å²) in [5.41, 5.74) is 0. The van der Waals surface area contributed by atoms with Crippen molar-refractivity contribution >= 4 is 17.9 Å². The molecule has 0 radical (unpaired) electrons. The standard InChI is InChI=1S/C73H124O6/c1-4-7-10-13-16-19-22-25-28-30-32-33-34-35-36-37-38-39-41-42-45-48-51-54-57-60-63-66-72(75)78-69-70(68-77-71(74)65-62-59-56-53-50-47-44-27-24-21-18-15-12-9-6-3)79-73(76)67-64-61-58-55-52-49-46-43-40-31-29-26-23-20-17-14-11-8-5-2/h7,10,16-17,19-20,25-29,32-33,35-36,40,43-44,70H,4-6,8-9,11-15,18,21-24,30-31,34,37-39,41-42,45-69H2,1-3H3/b10-7-,19-16-,20-17-,28-25-,29-26-,33-32-,36-35-,43-40-,44-27-. The van der Waals surface area contributed by atoms with Gasteiger partial charge in [-0.25, -0.2) is 0 Å². The molecule has 0 amide bonds. The van der Waals surface area contributed by atoms with Crippen molar-refractivity contribution in [3.05, 3.63) is 109 Å². The molecule has 0 spiro atoms. The molecule has 0 aliphatic heterocycles. The maximum atomic E-state index is 12.9. The van der Waals surface area contributed by atoms with Crippen molar-refractivity contribution in [2.24, 2.45) is 0 Å². The molecule has 6 nitrogen and oxygen atoms in total. The highest BCUT2D eigenvalue weighted by molar-refractivity contribution is 5.71. The summed E-state index contributed by atoms with van der Waals surface area (Å²) in [5.74, 6) is -0.901. The second-order valence-electron chi connectivity index (χ2n) is 22.0. The minimum absolute atomic E-state index is 0.0874. The van der Waals surface area contributed by atoms with Gasteiger partial charge < -0.3 is 14.2 Å². The van der Waals surface area contributed by atoms with E-state index in [0.717, 1.165) is 122 Å². The van der Waals surface area contributed by atoms with Crippen molar-refractivity contribution in [3.8, 4) is 0 Å². The molecule has 6 heteroatoms. The Balaban J connectivity index is 4.36. The van der Waals surface area contributed by atoms with Gasteiger partial charge in [-0.05, 0) is 128 Å². The fourth-order valence-electron chi connectivity index (χ4n) is 9.24. The maximum Gasteiger partial charge on any atom is 0.306 e. The van der Waals surface area contributed by atoms with Gasteiger partial charge in [0, 0.05) is 19.3 Å². The monoisotopic (exact) mass is 1100 g/mol. The van der Waals surface area contributed by atoms with E-state index in [4.69, 9.17) is 14.2 Å². The highest BCUT2D eigenvalue weighted by atomic mass is 16.6. The molecule has 0 fully saturated rings. The van der Waals surface area contributed by atoms with Crippen LogP contribution >= 0.6 is 0 Å². The quantitative estimate of drug-likeness (QED) is 0.0261. The highest BCUT2D eigenvalue weighted by Gasteiger charge is 2.19. The molecule has 0 aliphatic rings. The molecule has 0 aromatic carbocycles. The number of carbonyl (C=O) groups is 3.